The van der Waals surface area contributed by atoms with Crippen LogP contribution in [0.15, 0.2) is 18.2 Å². The Morgan fingerprint density at radius 3 is 2.39 bits per heavy atom. The molecule has 18 heavy (non-hydrogen) atoms. The number of hydrogen-bond acceptors (Lipinski definition) is 3. The Morgan fingerprint density at radius 1 is 1.06 bits per heavy atom. The first-order valence-electron chi connectivity index (χ1n) is 5.82. The van der Waals surface area contributed by atoms with Gasteiger partial charge in [-0.25, -0.2) is 4.39 Å². The predicted molar refractivity (Wildman–Crippen MR) is 71.2 cm³/mol. The van der Waals surface area contributed by atoms with Crippen LogP contribution >= 0.6 is 0 Å². The fraction of sp³-hybridized carbons (Fsp3) is 0.286. The number of aryl methyl sites for hydroxylation is 1. The molecule has 0 atom stereocenters. The summed E-state index contributed by atoms with van der Waals surface area (Å²) in [5.41, 5.74) is 4.42. The lowest BCUT2D eigenvalue weighted by atomic mass is 10.0. The Morgan fingerprint density at radius 2 is 1.78 bits per heavy atom. The molecule has 1 aromatic carbocycles. The summed E-state index contributed by atoms with van der Waals surface area (Å²) in [5, 5.41) is 11.3. The highest BCUT2D eigenvalue weighted by atomic mass is 19.1. The molecule has 0 aliphatic carbocycles. The van der Waals surface area contributed by atoms with E-state index in [4.69, 9.17) is 0 Å². The van der Waals surface area contributed by atoms with Crippen molar-refractivity contribution in [3.05, 3.63) is 40.7 Å². The zero-order valence-corrected chi connectivity index (χ0v) is 11.0. The third-order valence-corrected chi connectivity index (χ3v) is 3.19. The van der Waals surface area contributed by atoms with E-state index in [2.05, 4.69) is 15.5 Å². The van der Waals surface area contributed by atoms with Crippen LogP contribution in [-0.4, -0.2) is 17.2 Å². The molecule has 0 aliphatic rings. The highest BCUT2D eigenvalue weighted by Gasteiger charge is 2.11. The zero-order chi connectivity index (χ0) is 13.3. The number of rotatable bonds is 2. The number of benzene rings is 1. The molecule has 0 unspecified atom stereocenters. The van der Waals surface area contributed by atoms with Gasteiger partial charge in [-0.15, -0.1) is 10.2 Å². The van der Waals surface area contributed by atoms with Crippen LogP contribution in [0.25, 0.3) is 11.3 Å². The van der Waals surface area contributed by atoms with E-state index < -0.39 is 0 Å². The van der Waals surface area contributed by atoms with Crippen molar-refractivity contribution in [3.63, 3.8) is 0 Å². The Balaban J connectivity index is 2.57. The van der Waals surface area contributed by atoms with Gasteiger partial charge in [0.2, 0.25) is 0 Å². The monoisotopic (exact) mass is 245 g/mol. The van der Waals surface area contributed by atoms with Gasteiger partial charge in [-0.1, -0.05) is 0 Å². The van der Waals surface area contributed by atoms with Gasteiger partial charge >= 0.3 is 0 Å². The third kappa shape index (κ3) is 2.06. The summed E-state index contributed by atoms with van der Waals surface area (Å²) in [4.78, 5) is 0. The first-order valence-corrected chi connectivity index (χ1v) is 5.82. The highest BCUT2D eigenvalue weighted by molar-refractivity contribution is 5.67. The molecule has 0 spiro atoms. The maximum Gasteiger partial charge on any atom is 0.151 e. The summed E-state index contributed by atoms with van der Waals surface area (Å²) < 4.78 is 13.3. The number of hydrogen-bond donors (Lipinski definition) is 1. The standard InChI is InChI=1S/C14H16FN3/c1-8-7-11(5-6-12(8)15)13-9(2)10(3)14(16-4)18-17-13/h5-7H,1-4H3,(H,16,18). The molecule has 2 rings (SSSR count). The number of aromatic nitrogens is 2. The van der Waals surface area contributed by atoms with Crippen LogP contribution in [0.5, 0.6) is 0 Å². The molecule has 0 saturated heterocycles. The molecule has 94 valence electrons. The summed E-state index contributed by atoms with van der Waals surface area (Å²) >= 11 is 0. The smallest absolute Gasteiger partial charge is 0.151 e. The minimum absolute atomic E-state index is 0.201. The van der Waals surface area contributed by atoms with Gasteiger partial charge in [0.15, 0.2) is 5.82 Å². The Labute approximate surface area is 106 Å². The maximum absolute atomic E-state index is 13.3. The summed E-state index contributed by atoms with van der Waals surface area (Å²) in [6.45, 7) is 5.74. The van der Waals surface area contributed by atoms with Gasteiger partial charge in [0, 0.05) is 12.6 Å². The molecule has 1 N–H and O–H groups in total. The van der Waals surface area contributed by atoms with E-state index in [0.29, 0.717) is 5.56 Å². The van der Waals surface area contributed by atoms with Crippen LogP contribution in [0.2, 0.25) is 0 Å². The molecule has 1 heterocycles. The van der Waals surface area contributed by atoms with Gasteiger partial charge in [0.05, 0.1) is 5.69 Å². The summed E-state index contributed by atoms with van der Waals surface area (Å²) in [5.74, 6) is 0.572. The first kappa shape index (κ1) is 12.5. The van der Waals surface area contributed by atoms with Gasteiger partial charge in [0.25, 0.3) is 0 Å². The highest BCUT2D eigenvalue weighted by Crippen LogP contribution is 2.26. The fourth-order valence-corrected chi connectivity index (χ4v) is 1.91. The van der Waals surface area contributed by atoms with Crippen LogP contribution in [0.1, 0.15) is 16.7 Å². The fourth-order valence-electron chi connectivity index (χ4n) is 1.91. The van der Waals surface area contributed by atoms with Crippen molar-refractivity contribution in [2.75, 3.05) is 12.4 Å². The van der Waals surface area contributed by atoms with Crippen molar-refractivity contribution in [2.45, 2.75) is 20.8 Å². The van der Waals surface area contributed by atoms with E-state index in [1.54, 1.807) is 19.1 Å². The van der Waals surface area contributed by atoms with E-state index in [9.17, 15) is 4.39 Å². The quantitative estimate of drug-likeness (QED) is 0.882. The van der Waals surface area contributed by atoms with Gasteiger partial charge in [-0.05, 0) is 55.7 Å². The van der Waals surface area contributed by atoms with Crippen molar-refractivity contribution < 1.29 is 4.39 Å². The lowest BCUT2D eigenvalue weighted by Gasteiger charge is -2.11. The van der Waals surface area contributed by atoms with E-state index in [-0.39, 0.29) is 5.82 Å². The van der Waals surface area contributed by atoms with Crippen molar-refractivity contribution in [2.24, 2.45) is 0 Å². The minimum atomic E-state index is -0.201. The van der Waals surface area contributed by atoms with Crippen LogP contribution in [-0.2, 0) is 0 Å². The van der Waals surface area contributed by atoms with Crippen molar-refractivity contribution in [1.29, 1.82) is 0 Å². The first-order chi connectivity index (χ1) is 8.54. The SMILES string of the molecule is CNc1nnc(-c2ccc(F)c(C)c2)c(C)c1C. The Hall–Kier alpha value is -1.97. The van der Waals surface area contributed by atoms with Crippen LogP contribution in [0, 0.1) is 26.6 Å². The average molecular weight is 245 g/mol. The predicted octanol–water partition coefficient (Wildman–Crippen LogP) is 3.25. The summed E-state index contributed by atoms with van der Waals surface area (Å²) in [6.07, 6.45) is 0. The number of anilines is 1. The molecular weight excluding hydrogens is 229 g/mol. The Kier molecular flexibility index (Phi) is 3.28. The van der Waals surface area contributed by atoms with Gasteiger partial charge in [0.1, 0.15) is 5.82 Å². The lowest BCUT2D eigenvalue weighted by molar-refractivity contribution is 0.618. The van der Waals surface area contributed by atoms with Crippen LogP contribution in [0.3, 0.4) is 0 Å². The molecular formula is C14H16FN3. The molecule has 0 saturated carbocycles. The number of nitrogens with zero attached hydrogens (tertiary/aromatic N) is 2. The summed E-state index contributed by atoms with van der Waals surface area (Å²) in [7, 11) is 1.82. The van der Waals surface area contributed by atoms with Gasteiger partial charge in [-0.3, -0.25) is 0 Å². The second-order valence-corrected chi connectivity index (χ2v) is 4.36. The molecule has 0 amide bonds. The van der Waals surface area contributed by atoms with E-state index in [1.165, 1.54) is 6.07 Å². The number of halogens is 1. The van der Waals surface area contributed by atoms with Crippen molar-refractivity contribution >= 4 is 5.82 Å². The van der Waals surface area contributed by atoms with Crippen LogP contribution in [0.4, 0.5) is 10.2 Å². The van der Waals surface area contributed by atoms with Gasteiger partial charge in [-0.2, -0.15) is 0 Å². The molecule has 0 aliphatic heterocycles. The number of nitrogens with one attached hydrogen (secondary N) is 1. The second kappa shape index (κ2) is 4.72. The normalized spacial score (nSPS) is 10.5. The van der Waals surface area contributed by atoms with E-state index in [0.717, 1.165) is 28.2 Å². The van der Waals surface area contributed by atoms with Crippen LogP contribution < -0.4 is 5.32 Å². The molecule has 1 aromatic heterocycles. The van der Waals surface area contributed by atoms with Crippen molar-refractivity contribution in [1.82, 2.24) is 10.2 Å². The maximum atomic E-state index is 13.3. The lowest BCUT2D eigenvalue weighted by Crippen LogP contribution is -2.02. The zero-order valence-electron chi connectivity index (χ0n) is 11.0. The summed E-state index contributed by atoms with van der Waals surface area (Å²) in [6, 6.07) is 5.00. The molecule has 2 aromatic rings. The largest absolute Gasteiger partial charge is 0.371 e. The van der Waals surface area contributed by atoms with E-state index in [1.807, 2.05) is 20.9 Å². The molecule has 3 nitrogen and oxygen atoms in total. The third-order valence-electron chi connectivity index (χ3n) is 3.19. The minimum Gasteiger partial charge on any atom is -0.371 e. The van der Waals surface area contributed by atoms with E-state index >= 15 is 0 Å². The Bertz CT molecular complexity index is 594. The average Bonchev–Trinajstić information content (AvgIpc) is 2.36. The molecule has 0 radical (unpaired) electrons. The second-order valence-electron chi connectivity index (χ2n) is 4.36. The molecule has 4 heteroatoms. The molecule has 0 bridgehead atoms. The van der Waals surface area contributed by atoms with Crippen molar-refractivity contribution in [3.8, 4) is 11.3 Å². The van der Waals surface area contributed by atoms with Gasteiger partial charge < -0.3 is 5.32 Å². The molecule has 0 fully saturated rings. The topological polar surface area (TPSA) is 37.8 Å².